The van der Waals surface area contributed by atoms with E-state index >= 15 is 0 Å². The molecule has 1 aromatic heterocycles. The zero-order chi connectivity index (χ0) is 18.7. The molecule has 2 amide bonds. The number of thioether (sulfide) groups is 2. The highest BCUT2D eigenvalue weighted by atomic mass is 32.2. The van der Waals surface area contributed by atoms with Crippen molar-refractivity contribution in [1.82, 2.24) is 20.8 Å². The minimum atomic E-state index is -4.54. The van der Waals surface area contributed by atoms with Gasteiger partial charge >= 0.3 is 12.3 Å². The summed E-state index contributed by atoms with van der Waals surface area (Å²) in [7, 11) is 0. The van der Waals surface area contributed by atoms with Crippen LogP contribution in [0.5, 0.6) is 0 Å². The van der Waals surface area contributed by atoms with Crippen molar-refractivity contribution in [1.29, 1.82) is 0 Å². The number of hydrogen-bond donors (Lipinski definition) is 2. The van der Waals surface area contributed by atoms with Crippen LogP contribution in [0.4, 0.5) is 18.0 Å². The van der Waals surface area contributed by atoms with Crippen LogP contribution in [-0.2, 0) is 9.53 Å². The first-order valence-electron chi connectivity index (χ1n) is 7.13. The lowest BCUT2D eigenvalue weighted by molar-refractivity contribution is -0.160. The number of carbonyl (C=O) groups excluding carboxylic acids is 2. The molecular weight excluding hydrogens is 401 g/mol. The van der Waals surface area contributed by atoms with Crippen molar-refractivity contribution in [3.8, 4) is 0 Å². The molecule has 0 aliphatic heterocycles. The molecule has 13 heteroatoms. The maximum Gasteiger partial charge on any atom is 0.422 e. The number of alkyl halides is 3. The summed E-state index contributed by atoms with van der Waals surface area (Å²) in [5, 5.41) is 12.8. The number of nitrogens with zero attached hydrogens (tertiary/aromatic N) is 2. The van der Waals surface area contributed by atoms with Gasteiger partial charge in [0.25, 0.3) is 0 Å². The van der Waals surface area contributed by atoms with Crippen LogP contribution in [0.3, 0.4) is 0 Å². The Balaban J connectivity index is 2.17. The number of alkyl carbamates (subject to hydrolysis) is 1. The number of rotatable bonds is 10. The van der Waals surface area contributed by atoms with Gasteiger partial charge in [-0.05, 0) is 6.42 Å². The van der Waals surface area contributed by atoms with Crippen LogP contribution >= 0.6 is 34.9 Å². The molecule has 2 N–H and O–H groups in total. The number of hydrogen-bond acceptors (Lipinski definition) is 8. The second-order valence-electron chi connectivity index (χ2n) is 4.44. The molecule has 0 aliphatic carbocycles. The van der Waals surface area contributed by atoms with Gasteiger partial charge in [-0.1, -0.05) is 41.8 Å². The molecule has 0 bridgehead atoms. The highest BCUT2D eigenvalue weighted by molar-refractivity contribution is 8.03. The maximum atomic E-state index is 11.9. The summed E-state index contributed by atoms with van der Waals surface area (Å²) in [6.07, 6.45) is -4.79. The second kappa shape index (κ2) is 11.4. The summed E-state index contributed by atoms with van der Waals surface area (Å²) < 4.78 is 40.8. The maximum absolute atomic E-state index is 11.9. The van der Waals surface area contributed by atoms with Gasteiger partial charge in [0.05, 0.1) is 5.75 Å². The number of aromatic nitrogens is 2. The van der Waals surface area contributed by atoms with Crippen LogP contribution in [0.25, 0.3) is 0 Å². The van der Waals surface area contributed by atoms with Crippen molar-refractivity contribution in [3.05, 3.63) is 0 Å². The summed E-state index contributed by atoms with van der Waals surface area (Å²) in [4.78, 5) is 22.5. The number of nitrogens with one attached hydrogen (secondary N) is 2. The molecule has 0 radical (unpaired) electrons. The molecule has 0 aromatic carbocycles. The third-order valence-electron chi connectivity index (χ3n) is 2.25. The van der Waals surface area contributed by atoms with Gasteiger partial charge in [0.1, 0.15) is 0 Å². The fourth-order valence-electron chi connectivity index (χ4n) is 1.25. The molecule has 1 heterocycles. The van der Waals surface area contributed by atoms with E-state index in [0.717, 1.165) is 6.42 Å². The molecule has 7 nitrogen and oxygen atoms in total. The van der Waals surface area contributed by atoms with Crippen molar-refractivity contribution >= 4 is 46.9 Å². The molecular formula is C12H17F3N4O3S3. The normalized spacial score (nSPS) is 11.2. The van der Waals surface area contributed by atoms with Gasteiger partial charge < -0.3 is 15.4 Å². The number of amides is 2. The fourth-order valence-corrected chi connectivity index (χ4v) is 4.02. The van der Waals surface area contributed by atoms with E-state index in [1.165, 1.54) is 34.9 Å². The number of ether oxygens (including phenoxy) is 1. The van der Waals surface area contributed by atoms with Gasteiger partial charge in [-0.25, -0.2) is 4.79 Å². The van der Waals surface area contributed by atoms with E-state index in [0.29, 0.717) is 21.0 Å². The average Bonchev–Trinajstić information content (AvgIpc) is 3.00. The highest BCUT2D eigenvalue weighted by Crippen LogP contribution is 2.28. The van der Waals surface area contributed by atoms with E-state index in [2.05, 4.69) is 25.6 Å². The third-order valence-corrected chi connectivity index (χ3v) is 5.44. The smallest absolute Gasteiger partial charge is 0.422 e. The first-order valence-corrected chi connectivity index (χ1v) is 9.92. The second-order valence-corrected chi connectivity index (χ2v) is 7.98. The third kappa shape index (κ3) is 11.1. The largest absolute Gasteiger partial charge is 0.440 e. The average molecular weight is 418 g/mol. The van der Waals surface area contributed by atoms with Crippen LogP contribution < -0.4 is 10.6 Å². The van der Waals surface area contributed by atoms with E-state index in [1.54, 1.807) is 0 Å². The number of carbonyl (C=O) groups is 2. The van der Waals surface area contributed by atoms with Crippen LogP contribution in [0.1, 0.15) is 13.3 Å². The van der Waals surface area contributed by atoms with E-state index in [-0.39, 0.29) is 18.2 Å². The van der Waals surface area contributed by atoms with Gasteiger partial charge in [0, 0.05) is 18.8 Å². The van der Waals surface area contributed by atoms with Crippen LogP contribution in [0.15, 0.2) is 8.68 Å². The van der Waals surface area contributed by atoms with Gasteiger partial charge in [-0.15, -0.1) is 10.2 Å². The Hall–Kier alpha value is -1.21. The Morgan fingerprint density at radius 1 is 1.16 bits per heavy atom. The molecule has 0 aliphatic rings. The monoisotopic (exact) mass is 418 g/mol. The number of halogens is 3. The van der Waals surface area contributed by atoms with Gasteiger partial charge in [-0.3, -0.25) is 4.79 Å². The zero-order valence-corrected chi connectivity index (χ0v) is 15.7. The lowest BCUT2D eigenvalue weighted by atomic mass is 10.5. The van der Waals surface area contributed by atoms with Gasteiger partial charge in [0.15, 0.2) is 15.3 Å². The molecule has 1 rings (SSSR count). The van der Waals surface area contributed by atoms with E-state index in [1.807, 2.05) is 6.92 Å². The first-order chi connectivity index (χ1) is 11.8. The lowest BCUT2D eigenvalue weighted by Gasteiger charge is -2.08. The molecule has 1 aromatic rings. The Morgan fingerprint density at radius 3 is 2.48 bits per heavy atom. The predicted molar refractivity (Wildman–Crippen MR) is 90.1 cm³/mol. The van der Waals surface area contributed by atoms with Crippen molar-refractivity contribution < 1.29 is 27.5 Å². The SMILES string of the molecule is CCCNC(=O)CSc1nnc(SCCNC(=O)OCC(F)(F)F)s1. The van der Waals surface area contributed by atoms with Crippen molar-refractivity contribution in [2.45, 2.75) is 28.2 Å². The van der Waals surface area contributed by atoms with Gasteiger partial charge in [0.2, 0.25) is 5.91 Å². The first kappa shape index (κ1) is 21.8. The quantitative estimate of drug-likeness (QED) is 0.445. The molecule has 25 heavy (non-hydrogen) atoms. The van der Waals surface area contributed by atoms with Crippen molar-refractivity contribution in [2.24, 2.45) is 0 Å². The van der Waals surface area contributed by atoms with Crippen LogP contribution in [-0.4, -0.2) is 59.6 Å². The topological polar surface area (TPSA) is 93.2 Å². The Kier molecular flexibility index (Phi) is 9.97. The lowest BCUT2D eigenvalue weighted by Crippen LogP contribution is -2.30. The molecule has 0 spiro atoms. The summed E-state index contributed by atoms with van der Waals surface area (Å²) in [5.74, 6) is 0.585. The van der Waals surface area contributed by atoms with E-state index < -0.39 is 18.9 Å². The Labute approximate surface area is 154 Å². The zero-order valence-electron chi connectivity index (χ0n) is 13.2. The summed E-state index contributed by atoms with van der Waals surface area (Å²) in [6, 6.07) is 0. The molecule has 0 unspecified atom stereocenters. The van der Waals surface area contributed by atoms with Crippen molar-refractivity contribution in [3.63, 3.8) is 0 Å². The standard InChI is InChI=1S/C12H17F3N4O3S3/c1-2-3-16-8(20)6-24-11-19-18-10(25-11)23-5-4-17-9(21)22-7-12(13,14)15/h2-7H2,1H3,(H,16,20)(H,17,21). The minimum absolute atomic E-state index is 0.0715. The summed E-state index contributed by atoms with van der Waals surface area (Å²) >= 11 is 3.87. The Bertz CT molecular complexity index is 557. The van der Waals surface area contributed by atoms with E-state index in [4.69, 9.17) is 0 Å². The van der Waals surface area contributed by atoms with E-state index in [9.17, 15) is 22.8 Å². The van der Waals surface area contributed by atoms with Crippen molar-refractivity contribution in [2.75, 3.05) is 31.2 Å². The fraction of sp³-hybridized carbons (Fsp3) is 0.667. The van der Waals surface area contributed by atoms with Gasteiger partial charge in [-0.2, -0.15) is 13.2 Å². The Morgan fingerprint density at radius 2 is 1.84 bits per heavy atom. The minimum Gasteiger partial charge on any atom is -0.440 e. The predicted octanol–water partition coefficient (Wildman–Crippen LogP) is 2.54. The van der Waals surface area contributed by atoms with Crippen LogP contribution in [0.2, 0.25) is 0 Å². The molecule has 0 fully saturated rings. The molecule has 0 atom stereocenters. The summed E-state index contributed by atoms with van der Waals surface area (Å²) in [5.41, 5.74) is 0. The molecule has 0 saturated carbocycles. The summed E-state index contributed by atoms with van der Waals surface area (Å²) in [6.45, 7) is 1.11. The molecule has 0 saturated heterocycles. The molecule has 142 valence electrons. The van der Waals surface area contributed by atoms with Crippen LogP contribution in [0, 0.1) is 0 Å². The highest BCUT2D eigenvalue weighted by Gasteiger charge is 2.29.